The maximum atomic E-state index is 13.2. The van der Waals surface area contributed by atoms with Gasteiger partial charge in [-0.25, -0.2) is 12.8 Å². The smallest absolute Gasteiger partial charge is 0.154 e. The molecule has 1 heterocycles. The average Bonchev–Trinajstić information content (AvgIpc) is 2.46. The first-order valence-corrected chi connectivity index (χ1v) is 7.68. The molecule has 0 aromatic heterocycles. The number of rotatable bonds is 2. The van der Waals surface area contributed by atoms with Gasteiger partial charge in [-0.2, -0.15) is 0 Å². The minimum atomic E-state index is -3.17. The molecule has 3 N–H and O–H groups in total. The molecule has 0 bridgehead atoms. The zero-order valence-electron chi connectivity index (χ0n) is 8.84. The summed E-state index contributed by atoms with van der Waals surface area (Å²) in [6, 6.07) is 4.28. The van der Waals surface area contributed by atoms with Gasteiger partial charge in [0.25, 0.3) is 0 Å². The highest BCUT2D eigenvalue weighted by molar-refractivity contribution is 8.02. The van der Waals surface area contributed by atoms with Gasteiger partial charge in [-0.15, -0.1) is 11.8 Å². The van der Waals surface area contributed by atoms with Gasteiger partial charge in [0.1, 0.15) is 5.82 Å². The lowest BCUT2D eigenvalue weighted by Crippen LogP contribution is -2.19. The number of nitrogens with two attached hydrogens (primary N) is 1. The van der Waals surface area contributed by atoms with Gasteiger partial charge in [0.2, 0.25) is 0 Å². The molecule has 7 heteroatoms. The van der Waals surface area contributed by atoms with Gasteiger partial charge in [-0.05, 0) is 18.2 Å². The molecule has 1 aliphatic heterocycles. The van der Waals surface area contributed by atoms with Crippen molar-refractivity contribution in [2.24, 2.45) is 0 Å². The zero-order valence-corrected chi connectivity index (χ0v) is 10.5. The molecular weight excluding hydrogens is 265 g/mol. The van der Waals surface area contributed by atoms with E-state index in [4.69, 9.17) is 5.73 Å². The summed E-state index contributed by atoms with van der Waals surface area (Å²) in [5.74, 6) is -0.835. The third-order valence-corrected chi connectivity index (χ3v) is 5.77. The van der Waals surface area contributed by atoms with Crippen LogP contribution >= 0.6 is 11.8 Å². The second-order valence-electron chi connectivity index (χ2n) is 3.98. The van der Waals surface area contributed by atoms with Crippen molar-refractivity contribution in [3.8, 4) is 0 Å². The van der Waals surface area contributed by atoms with E-state index in [1.54, 1.807) is 6.07 Å². The highest BCUT2D eigenvalue weighted by Gasteiger charge is 2.37. The minimum Gasteiger partial charge on any atom is -0.396 e. The first kappa shape index (κ1) is 12.7. The summed E-state index contributed by atoms with van der Waals surface area (Å²) in [4.78, 5) is 0.567. The summed E-state index contributed by atoms with van der Waals surface area (Å²) in [6.45, 7) is 0. The molecule has 0 aliphatic carbocycles. The van der Waals surface area contributed by atoms with Crippen LogP contribution in [-0.2, 0) is 9.84 Å². The van der Waals surface area contributed by atoms with E-state index in [1.807, 2.05) is 0 Å². The number of aliphatic hydroxyl groups excluding tert-OH is 1. The molecule has 17 heavy (non-hydrogen) atoms. The van der Waals surface area contributed by atoms with E-state index >= 15 is 0 Å². The molecule has 2 atom stereocenters. The fourth-order valence-electron chi connectivity index (χ4n) is 1.67. The number of benzene rings is 1. The number of halogens is 1. The second-order valence-corrected chi connectivity index (χ2v) is 7.45. The van der Waals surface area contributed by atoms with Gasteiger partial charge in [0.05, 0.1) is 28.5 Å². The summed E-state index contributed by atoms with van der Waals surface area (Å²) in [5.41, 5.74) is 5.39. The number of aliphatic hydroxyl groups is 1. The molecule has 0 amide bonds. The Balaban J connectivity index is 2.14. The van der Waals surface area contributed by atoms with Gasteiger partial charge < -0.3 is 10.8 Å². The normalized spacial score (nSPS) is 27.2. The van der Waals surface area contributed by atoms with E-state index in [-0.39, 0.29) is 17.2 Å². The average molecular weight is 277 g/mol. The van der Waals surface area contributed by atoms with Crippen molar-refractivity contribution in [3.63, 3.8) is 0 Å². The van der Waals surface area contributed by atoms with Crippen molar-refractivity contribution in [3.05, 3.63) is 24.0 Å². The Kier molecular flexibility index (Phi) is 3.33. The van der Waals surface area contributed by atoms with Crippen molar-refractivity contribution in [1.29, 1.82) is 0 Å². The summed E-state index contributed by atoms with van der Waals surface area (Å²) >= 11 is 1.16. The van der Waals surface area contributed by atoms with Gasteiger partial charge in [0, 0.05) is 4.90 Å². The van der Waals surface area contributed by atoms with E-state index in [0.29, 0.717) is 4.90 Å². The molecule has 1 aromatic rings. The van der Waals surface area contributed by atoms with Crippen molar-refractivity contribution in [1.82, 2.24) is 0 Å². The third-order valence-electron chi connectivity index (χ3n) is 2.53. The largest absolute Gasteiger partial charge is 0.396 e. The number of anilines is 1. The van der Waals surface area contributed by atoms with Crippen molar-refractivity contribution in [2.45, 2.75) is 16.2 Å². The lowest BCUT2D eigenvalue weighted by atomic mass is 10.3. The highest BCUT2D eigenvalue weighted by Crippen LogP contribution is 2.32. The molecule has 1 aliphatic rings. The van der Waals surface area contributed by atoms with E-state index in [1.165, 1.54) is 12.1 Å². The second kappa shape index (κ2) is 4.47. The van der Waals surface area contributed by atoms with Crippen molar-refractivity contribution in [2.75, 3.05) is 17.2 Å². The topological polar surface area (TPSA) is 80.4 Å². The van der Waals surface area contributed by atoms with Crippen LogP contribution in [0, 0.1) is 5.82 Å². The molecule has 94 valence electrons. The van der Waals surface area contributed by atoms with Crippen LogP contribution in [0.25, 0.3) is 0 Å². The number of hydrogen-bond acceptors (Lipinski definition) is 5. The summed E-state index contributed by atoms with van der Waals surface area (Å²) in [6.07, 6.45) is -0.898. The molecule has 1 aromatic carbocycles. The fourth-order valence-corrected chi connectivity index (χ4v) is 5.21. The Morgan fingerprint density at radius 1 is 1.41 bits per heavy atom. The molecular formula is C10H12FNO3S2. The van der Waals surface area contributed by atoms with Crippen LogP contribution in [0.15, 0.2) is 23.1 Å². The molecule has 0 saturated carbocycles. The lowest BCUT2D eigenvalue weighted by molar-refractivity contribution is 0.207. The van der Waals surface area contributed by atoms with Crippen LogP contribution in [0.3, 0.4) is 0 Å². The number of sulfone groups is 1. The van der Waals surface area contributed by atoms with Gasteiger partial charge in [-0.3, -0.25) is 0 Å². The predicted octanol–water partition coefficient (Wildman–Crippen LogP) is 0.658. The predicted molar refractivity (Wildman–Crippen MR) is 65.1 cm³/mol. The molecule has 2 unspecified atom stereocenters. The molecule has 0 radical (unpaired) electrons. The highest BCUT2D eigenvalue weighted by atomic mass is 32.2. The Morgan fingerprint density at radius 2 is 2.12 bits per heavy atom. The third kappa shape index (κ3) is 2.91. The molecule has 0 spiro atoms. The van der Waals surface area contributed by atoms with Gasteiger partial charge in [-0.1, -0.05) is 0 Å². The van der Waals surface area contributed by atoms with Crippen LogP contribution in [-0.4, -0.2) is 36.4 Å². The SMILES string of the molecule is Nc1ccc(SC2CS(=O)(=O)CC2O)cc1F. The summed E-state index contributed by atoms with van der Waals surface area (Å²) in [5, 5.41) is 9.15. The Labute approximate surface area is 103 Å². The Morgan fingerprint density at radius 3 is 2.65 bits per heavy atom. The van der Waals surface area contributed by atoms with Crippen LogP contribution in [0.4, 0.5) is 10.1 Å². The van der Waals surface area contributed by atoms with Crippen LogP contribution in [0.5, 0.6) is 0 Å². The van der Waals surface area contributed by atoms with Crippen molar-refractivity contribution < 1.29 is 17.9 Å². The van der Waals surface area contributed by atoms with E-state index < -0.39 is 27.0 Å². The van der Waals surface area contributed by atoms with E-state index in [2.05, 4.69) is 0 Å². The standard InChI is InChI=1S/C10H12FNO3S2/c11-7-3-6(1-2-8(7)12)16-10-5-17(14,15)4-9(10)13/h1-3,9-10,13H,4-5,12H2. The molecule has 4 nitrogen and oxygen atoms in total. The van der Waals surface area contributed by atoms with E-state index in [9.17, 15) is 17.9 Å². The monoisotopic (exact) mass is 277 g/mol. The quantitative estimate of drug-likeness (QED) is 0.776. The summed E-state index contributed by atoms with van der Waals surface area (Å²) < 4.78 is 35.8. The van der Waals surface area contributed by atoms with Gasteiger partial charge in [0.15, 0.2) is 9.84 Å². The summed E-state index contributed by atoms with van der Waals surface area (Å²) in [7, 11) is -3.17. The molecule has 2 rings (SSSR count). The Bertz CT molecular complexity index is 532. The van der Waals surface area contributed by atoms with Gasteiger partial charge >= 0.3 is 0 Å². The maximum Gasteiger partial charge on any atom is 0.154 e. The van der Waals surface area contributed by atoms with Crippen LogP contribution < -0.4 is 5.73 Å². The zero-order chi connectivity index (χ0) is 12.6. The molecule has 1 saturated heterocycles. The lowest BCUT2D eigenvalue weighted by Gasteiger charge is -2.12. The fraction of sp³-hybridized carbons (Fsp3) is 0.400. The van der Waals surface area contributed by atoms with E-state index in [0.717, 1.165) is 11.8 Å². The van der Waals surface area contributed by atoms with Crippen molar-refractivity contribution >= 4 is 27.3 Å². The first-order valence-electron chi connectivity index (χ1n) is 4.97. The number of nitrogen functional groups attached to an aromatic ring is 1. The number of hydrogen-bond donors (Lipinski definition) is 2. The Hall–Kier alpha value is -0.790. The maximum absolute atomic E-state index is 13.2. The first-order chi connectivity index (χ1) is 7.87. The van der Waals surface area contributed by atoms with Crippen LogP contribution in [0.2, 0.25) is 0 Å². The minimum absolute atomic E-state index is 0.0499. The number of thioether (sulfide) groups is 1. The molecule has 1 fully saturated rings. The van der Waals surface area contributed by atoms with Crippen LogP contribution in [0.1, 0.15) is 0 Å².